The van der Waals surface area contributed by atoms with Crippen LogP contribution in [0.5, 0.6) is 5.75 Å². The summed E-state index contributed by atoms with van der Waals surface area (Å²) in [5.41, 5.74) is 3.70. The van der Waals surface area contributed by atoms with Gasteiger partial charge in [-0.05, 0) is 110 Å². The van der Waals surface area contributed by atoms with Crippen molar-refractivity contribution in [1.29, 1.82) is 0 Å². The van der Waals surface area contributed by atoms with Crippen LogP contribution in [-0.2, 0) is 20.7 Å². The summed E-state index contributed by atoms with van der Waals surface area (Å²) in [7, 11) is -2.08. The van der Waals surface area contributed by atoms with Gasteiger partial charge in [0.05, 0.1) is 24.7 Å². The predicted octanol–water partition coefficient (Wildman–Crippen LogP) is 5.24. The summed E-state index contributed by atoms with van der Waals surface area (Å²) < 4.78 is 36.5. The van der Waals surface area contributed by atoms with Crippen LogP contribution in [-0.4, -0.2) is 33.3 Å². The molecular formula is C28H36O5S. The first-order chi connectivity index (χ1) is 16.2. The molecule has 2 saturated carbocycles. The lowest BCUT2D eigenvalue weighted by Gasteiger charge is -2.53. The molecule has 3 aliphatic carbocycles. The third kappa shape index (κ3) is 4.08. The number of benzene rings is 2. The van der Waals surface area contributed by atoms with Crippen LogP contribution in [0.4, 0.5) is 0 Å². The van der Waals surface area contributed by atoms with E-state index in [1.165, 1.54) is 11.1 Å². The number of aliphatic hydroxyl groups is 1. The molecule has 2 fully saturated rings. The average molecular weight is 485 g/mol. The highest BCUT2D eigenvalue weighted by Crippen LogP contribution is 2.62. The van der Waals surface area contributed by atoms with E-state index in [0.717, 1.165) is 43.4 Å². The fraction of sp³-hybridized carbons (Fsp3) is 0.571. The Morgan fingerprint density at radius 2 is 1.85 bits per heavy atom. The van der Waals surface area contributed by atoms with E-state index in [1.54, 1.807) is 31.4 Å². The van der Waals surface area contributed by atoms with Gasteiger partial charge in [0.25, 0.3) is 10.1 Å². The Hall–Kier alpha value is -1.89. The lowest BCUT2D eigenvalue weighted by atomic mass is 9.52. The van der Waals surface area contributed by atoms with Gasteiger partial charge in [0.15, 0.2) is 0 Å². The van der Waals surface area contributed by atoms with Crippen molar-refractivity contribution in [2.24, 2.45) is 23.2 Å². The molecule has 6 atom stereocenters. The molecule has 1 N–H and O–H groups in total. The quantitative estimate of drug-likeness (QED) is 0.568. The minimum absolute atomic E-state index is 0.0434. The molecule has 184 valence electrons. The lowest BCUT2D eigenvalue weighted by molar-refractivity contribution is -0.0406. The molecule has 0 bridgehead atoms. The minimum Gasteiger partial charge on any atom is -0.497 e. The second-order valence-corrected chi connectivity index (χ2v) is 12.5. The number of hydrogen-bond donors (Lipinski definition) is 1. The molecule has 34 heavy (non-hydrogen) atoms. The first-order valence-electron chi connectivity index (χ1n) is 12.5. The molecule has 0 saturated heterocycles. The second-order valence-electron chi connectivity index (χ2n) is 10.8. The Morgan fingerprint density at radius 1 is 1.09 bits per heavy atom. The van der Waals surface area contributed by atoms with E-state index >= 15 is 0 Å². The standard InChI is InChI=1S/C28H36O5S/c1-18-4-7-22(8-5-18)34(30,31)33-15-13-19-16-20-17-21(32-3)6-9-23(20)24-12-14-28(2)25(27(19)24)10-11-26(28)29/h4-9,17,19,24-27,29H,10-16H2,1-3H3/t19?,24-,25+,26+,27-,28+/m1/s1. The van der Waals surface area contributed by atoms with Crippen LogP contribution in [0.1, 0.15) is 61.6 Å². The van der Waals surface area contributed by atoms with Crippen molar-refractivity contribution in [1.82, 2.24) is 0 Å². The van der Waals surface area contributed by atoms with Crippen molar-refractivity contribution in [3.05, 3.63) is 59.2 Å². The third-order valence-electron chi connectivity index (χ3n) is 9.10. The summed E-state index contributed by atoms with van der Waals surface area (Å²) >= 11 is 0. The van der Waals surface area contributed by atoms with Crippen molar-refractivity contribution in [2.75, 3.05) is 13.7 Å². The Morgan fingerprint density at radius 3 is 2.59 bits per heavy atom. The van der Waals surface area contributed by atoms with Gasteiger partial charge in [0.1, 0.15) is 5.75 Å². The van der Waals surface area contributed by atoms with Gasteiger partial charge in [-0.2, -0.15) is 8.42 Å². The minimum atomic E-state index is -3.78. The van der Waals surface area contributed by atoms with Gasteiger partial charge in [0, 0.05) is 0 Å². The molecule has 1 unspecified atom stereocenters. The summed E-state index contributed by atoms with van der Waals surface area (Å²) in [4.78, 5) is 0.207. The number of methoxy groups -OCH3 is 1. The van der Waals surface area contributed by atoms with E-state index in [1.807, 2.05) is 6.92 Å². The molecule has 0 amide bonds. The molecule has 0 heterocycles. The molecule has 0 aromatic heterocycles. The zero-order valence-electron chi connectivity index (χ0n) is 20.4. The average Bonchev–Trinajstić information content (AvgIpc) is 3.13. The summed E-state index contributed by atoms with van der Waals surface area (Å²) in [5.74, 6) is 2.51. The number of ether oxygens (including phenoxy) is 1. The van der Waals surface area contributed by atoms with E-state index < -0.39 is 10.1 Å². The smallest absolute Gasteiger partial charge is 0.296 e. The number of aryl methyl sites for hydroxylation is 1. The van der Waals surface area contributed by atoms with E-state index in [4.69, 9.17) is 8.92 Å². The van der Waals surface area contributed by atoms with Crippen LogP contribution in [0, 0.1) is 30.1 Å². The summed E-state index contributed by atoms with van der Waals surface area (Å²) in [6.45, 7) is 4.38. The number of rotatable bonds is 6. The molecule has 3 aliphatic rings. The fourth-order valence-corrected chi connectivity index (χ4v) is 8.15. The Labute approximate surface area is 203 Å². The van der Waals surface area contributed by atoms with Gasteiger partial charge < -0.3 is 9.84 Å². The first-order valence-corrected chi connectivity index (χ1v) is 13.9. The SMILES string of the molecule is COc1ccc2c(c1)CC(CCOS(=O)(=O)c1ccc(C)cc1)[C@@H]1[C@@H]2CC[C@]2(C)[C@@H](O)CC[C@@H]12. The first kappa shape index (κ1) is 23.8. The summed E-state index contributed by atoms with van der Waals surface area (Å²) in [5, 5.41) is 10.8. The molecule has 6 heteroatoms. The van der Waals surface area contributed by atoms with Gasteiger partial charge in [-0.1, -0.05) is 30.7 Å². The number of hydrogen-bond acceptors (Lipinski definition) is 5. The van der Waals surface area contributed by atoms with Crippen LogP contribution >= 0.6 is 0 Å². The van der Waals surface area contributed by atoms with Crippen molar-refractivity contribution >= 4 is 10.1 Å². The highest BCUT2D eigenvalue weighted by molar-refractivity contribution is 7.86. The van der Waals surface area contributed by atoms with Crippen molar-refractivity contribution in [2.45, 2.75) is 69.3 Å². The van der Waals surface area contributed by atoms with Gasteiger partial charge in [-0.15, -0.1) is 0 Å². The van der Waals surface area contributed by atoms with Crippen LogP contribution in [0.3, 0.4) is 0 Å². The van der Waals surface area contributed by atoms with E-state index in [9.17, 15) is 13.5 Å². The van der Waals surface area contributed by atoms with Crippen molar-refractivity contribution in [3.8, 4) is 5.75 Å². The maximum absolute atomic E-state index is 12.8. The molecule has 0 aliphatic heterocycles. The number of fused-ring (bicyclic) bond motifs is 5. The molecular weight excluding hydrogens is 448 g/mol. The maximum atomic E-state index is 12.8. The maximum Gasteiger partial charge on any atom is 0.296 e. The topological polar surface area (TPSA) is 72.8 Å². The van der Waals surface area contributed by atoms with Crippen molar-refractivity contribution < 1.29 is 22.4 Å². The normalized spacial score (nSPS) is 32.5. The Balaban J connectivity index is 1.40. The third-order valence-corrected chi connectivity index (χ3v) is 10.4. The summed E-state index contributed by atoms with van der Waals surface area (Å²) in [6, 6.07) is 13.2. The van der Waals surface area contributed by atoms with E-state index in [2.05, 4.69) is 25.1 Å². The van der Waals surface area contributed by atoms with Crippen LogP contribution < -0.4 is 4.74 Å². The second kappa shape index (κ2) is 8.96. The lowest BCUT2D eigenvalue weighted by Crippen LogP contribution is -2.47. The molecule has 0 spiro atoms. The van der Waals surface area contributed by atoms with Gasteiger partial charge >= 0.3 is 0 Å². The van der Waals surface area contributed by atoms with E-state index in [-0.39, 0.29) is 23.0 Å². The molecule has 5 nitrogen and oxygen atoms in total. The highest BCUT2D eigenvalue weighted by Gasteiger charge is 2.56. The van der Waals surface area contributed by atoms with E-state index in [0.29, 0.717) is 30.1 Å². The monoisotopic (exact) mass is 484 g/mol. The van der Waals surface area contributed by atoms with Gasteiger partial charge in [-0.25, -0.2) is 0 Å². The predicted molar refractivity (Wildman–Crippen MR) is 131 cm³/mol. The molecule has 2 aromatic rings. The zero-order valence-corrected chi connectivity index (χ0v) is 21.2. The highest BCUT2D eigenvalue weighted by atomic mass is 32.2. The zero-order chi connectivity index (χ0) is 24.1. The molecule has 0 radical (unpaired) electrons. The largest absolute Gasteiger partial charge is 0.497 e. The van der Waals surface area contributed by atoms with Crippen molar-refractivity contribution in [3.63, 3.8) is 0 Å². The fourth-order valence-electron chi connectivity index (χ4n) is 7.23. The van der Waals surface area contributed by atoms with Gasteiger partial charge in [0.2, 0.25) is 0 Å². The number of aliphatic hydroxyl groups excluding tert-OH is 1. The Kier molecular flexibility index (Phi) is 6.28. The van der Waals surface area contributed by atoms with Gasteiger partial charge in [-0.3, -0.25) is 4.18 Å². The molecule has 2 aromatic carbocycles. The van der Waals surface area contributed by atoms with Crippen LogP contribution in [0.15, 0.2) is 47.4 Å². The van der Waals surface area contributed by atoms with Crippen LogP contribution in [0.25, 0.3) is 0 Å². The molecule has 5 rings (SSSR count). The van der Waals surface area contributed by atoms with Crippen LogP contribution in [0.2, 0.25) is 0 Å². The summed E-state index contributed by atoms with van der Waals surface area (Å²) in [6.07, 6.45) is 5.35. The Bertz CT molecular complexity index is 1140.